The molecule has 3 atom stereocenters. The van der Waals surface area contributed by atoms with Gasteiger partial charge in [-0.25, -0.2) is 0 Å². The minimum absolute atomic E-state index is 0.642. The fourth-order valence-corrected chi connectivity index (χ4v) is 3.59. The smallest absolute Gasteiger partial charge is 0.323 e. The SMILES string of the molecule is CCNC(CC)(CCCN1C(C)CCC1CC)C(=O)O. The van der Waals surface area contributed by atoms with E-state index >= 15 is 0 Å². The van der Waals surface area contributed by atoms with Gasteiger partial charge in [-0.3, -0.25) is 9.69 Å². The van der Waals surface area contributed by atoms with Gasteiger partial charge in [-0.05, 0) is 58.5 Å². The summed E-state index contributed by atoms with van der Waals surface area (Å²) in [5, 5.41) is 12.7. The number of hydrogen-bond acceptors (Lipinski definition) is 3. The maximum Gasteiger partial charge on any atom is 0.323 e. The Morgan fingerprint density at radius 2 is 2.05 bits per heavy atom. The minimum Gasteiger partial charge on any atom is -0.480 e. The van der Waals surface area contributed by atoms with E-state index < -0.39 is 11.5 Å². The van der Waals surface area contributed by atoms with Crippen molar-refractivity contribution in [2.75, 3.05) is 13.1 Å². The molecule has 4 nitrogen and oxygen atoms in total. The second kappa shape index (κ2) is 7.99. The highest BCUT2D eigenvalue weighted by atomic mass is 16.4. The van der Waals surface area contributed by atoms with Crippen molar-refractivity contribution >= 4 is 5.97 Å². The van der Waals surface area contributed by atoms with E-state index in [2.05, 4.69) is 24.1 Å². The van der Waals surface area contributed by atoms with Crippen LogP contribution >= 0.6 is 0 Å². The van der Waals surface area contributed by atoms with E-state index in [0.29, 0.717) is 31.5 Å². The molecule has 1 aliphatic heterocycles. The Morgan fingerprint density at radius 3 is 2.55 bits per heavy atom. The summed E-state index contributed by atoms with van der Waals surface area (Å²) < 4.78 is 0. The number of likely N-dealkylation sites (N-methyl/N-ethyl adjacent to an activating group) is 1. The van der Waals surface area contributed by atoms with Crippen LogP contribution in [0.4, 0.5) is 0 Å². The van der Waals surface area contributed by atoms with E-state index in [9.17, 15) is 9.90 Å². The van der Waals surface area contributed by atoms with Crippen LogP contribution < -0.4 is 5.32 Å². The molecule has 3 unspecified atom stereocenters. The maximum atomic E-state index is 11.6. The van der Waals surface area contributed by atoms with Gasteiger partial charge in [-0.15, -0.1) is 0 Å². The Bertz CT molecular complexity index is 309. The van der Waals surface area contributed by atoms with Crippen molar-refractivity contribution in [2.24, 2.45) is 0 Å². The van der Waals surface area contributed by atoms with Crippen LogP contribution in [0.25, 0.3) is 0 Å². The third-order valence-electron chi connectivity index (χ3n) is 4.97. The first-order valence-electron chi connectivity index (χ1n) is 8.24. The molecule has 0 aromatic rings. The summed E-state index contributed by atoms with van der Waals surface area (Å²) in [5.41, 5.74) is -0.737. The Balaban J connectivity index is 2.53. The average Bonchev–Trinajstić information content (AvgIpc) is 2.78. The highest BCUT2D eigenvalue weighted by molar-refractivity contribution is 5.78. The highest BCUT2D eigenvalue weighted by Crippen LogP contribution is 2.27. The van der Waals surface area contributed by atoms with E-state index in [-0.39, 0.29) is 0 Å². The first kappa shape index (κ1) is 17.4. The number of carboxylic acids is 1. The Labute approximate surface area is 123 Å². The lowest BCUT2D eigenvalue weighted by atomic mass is 9.90. The van der Waals surface area contributed by atoms with Gasteiger partial charge >= 0.3 is 5.97 Å². The molecule has 118 valence electrons. The molecule has 0 saturated carbocycles. The molecule has 0 spiro atoms. The van der Waals surface area contributed by atoms with Gasteiger partial charge in [0.1, 0.15) is 5.54 Å². The molecule has 20 heavy (non-hydrogen) atoms. The van der Waals surface area contributed by atoms with Crippen molar-refractivity contribution in [2.45, 2.75) is 83.8 Å². The van der Waals surface area contributed by atoms with Crippen LogP contribution in [-0.2, 0) is 4.79 Å². The monoisotopic (exact) mass is 284 g/mol. The quantitative estimate of drug-likeness (QED) is 0.683. The fraction of sp³-hybridized carbons (Fsp3) is 0.938. The Kier molecular flexibility index (Phi) is 6.96. The van der Waals surface area contributed by atoms with Crippen LogP contribution in [0.2, 0.25) is 0 Å². The first-order valence-corrected chi connectivity index (χ1v) is 8.24. The topological polar surface area (TPSA) is 52.6 Å². The van der Waals surface area contributed by atoms with Gasteiger partial charge in [0.15, 0.2) is 0 Å². The van der Waals surface area contributed by atoms with Gasteiger partial charge < -0.3 is 10.4 Å². The Morgan fingerprint density at radius 1 is 1.35 bits per heavy atom. The van der Waals surface area contributed by atoms with Crippen molar-refractivity contribution in [1.82, 2.24) is 10.2 Å². The van der Waals surface area contributed by atoms with Gasteiger partial charge in [0.2, 0.25) is 0 Å². The van der Waals surface area contributed by atoms with Crippen molar-refractivity contribution in [3.63, 3.8) is 0 Å². The van der Waals surface area contributed by atoms with E-state index in [1.165, 1.54) is 19.3 Å². The van der Waals surface area contributed by atoms with Gasteiger partial charge in [0.25, 0.3) is 0 Å². The molecule has 2 N–H and O–H groups in total. The lowest BCUT2D eigenvalue weighted by Crippen LogP contribution is -2.52. The summed E-state index contributed by atoms with van der Waals surface area (Å²) in [6.45, 7) is 10.2. The molecule has 1 aliphatic rings. The summed E-state index contributed by atoms with van der Waals surface area (Å²) in [4.78, 5) is 14.2. The number of hydrogen-bond donors (Lipinski definition) is 2. The highest BCUT2D eigenvalue weighted by Gasteiger charge is 2.36. The maximum absolute atomic E-state index is 11.6. The van der Waals surface area contributed by atoms with Crippen LogP contribution in [-0.4, -0.2) is 46.7 Å². The predicted octanol–water partition coefficient (Wildman–Crippen LogP) is 2.87. The third-order valence-corrected chi connectivity index (χ3v) is 4.97. The fourth-order valence-electron chi connectivity index (χ4n) is 3.59. The van der Waals surface area contributed by atoms with Crippen molar-refractivity contribution < 1.29 is 9.90 Å². The number of carbonyl (C=O) groups is 1. The van der Waals surface area contributed by atoms with Crippen LogP contribution in [0.5, 0.6) is 0 Å². The number of nitrogens with one attached hydrogen (secondary N) is 1. The lowest BCUT2D eigenvalue weighted by molar-refractivity contribution is -0.145. The van der Waals surface area contributed by atoms with Crippen molar-refractivity contribution in [1.29, 1.82) is 0 Å². The normalized spacial score (nSPS) is 26.6. The summed E-state index contributed by atoms with van der Waals surface area (Å²) in [6.07, 6.45) is 6.09. The van der Waals surface area contributed by atoms with Gasteiger partial charge in [0.05, 0.1) is 0 Å². The molecular formula is C16H32N2O2. The molecule has 0 aromatic heterocycles. The molecule has 1 rings (SSSR count). The zero-order valence-corrected chi connectivity index (χ0v) is 13.6. The standard InChI is InChI=1S/C16H32N2O2/c1-5-14-10-9-13(4)18(14)12-8-11-16(6-2,15(19)20)17-7-3/h13-14,17H,5-12H2,1-4H3,(H,19,20). The van der Waals surface area contributed by atoms with E-state index in [1.807, 2.05) is 13.8 Å². The number of carboxylic acid groups (broad SMARTS) is 1. The number of nitrogens with zero attached hydrogens (tertiary/aromatic N) is 1. The zero-order chi connectivity index (χ0) is 15.2. The Hall–Kier alpha value is -0.610. The molecule has 0 aromatic carbocycles. The lowest BCUT2D eigenvalue weighted by Gasteiger charge is -2.32. The summed E-state index contributed by atoms with van der Waals surface area (Å²) in [7, 11) is 0. The van der Waals surface area contributed by atoms with Crippen LogP contribution in [0.3, 0.4) is 0 Å². The van der Waals surface area contributed by atoms with Gasteiger partial charge in [-0.2, -0.15) is 0 Å². The third kappa shape index (κ3) is 3.95. The molecule has 1 fully saturated rings. The van der Waals surface area contributed by atoms with E-state index in [0.717, 1.165) is 13.0 Å². The average molecular weight is 284 g/mol. The molecular weight excluding hydrogens is 252 g/mol. The molecule has 0 radical (unpaired) electrons. The molecule has 0 aliphatic carbocycles. The number of aliphatic carboxylic acids is 1. The number of rotatable bonds is 9. The molecule has 0 amide bonds. The minimum atomic E-state index is -0.737. The predicted molar refractivity (Wildman–Crippen MR) is 83.0 cm³/mol. The summed E-state index contributed by atoms with van der Waals surface area (Å²) >= 11 is 0. The van der Waals surface area contributed by atoms with E-state index in [4.69, 9.17) is 0 Å². The first-order chi connectivity index (χ1) is 9.50. The second-order valence-corrected chi connectivity index (χ2v) is 6.10. The van der Waals surface area contributed by atoms with Crippen LogP contribution in [0.15, 0.2) is 0 Å². The van der Waals surface area contributed by atoms with Crippen LogP contribution in [0, 0.1) is 0 Å². The van der Waals surface area contributed by atoms with E-state index in [1.54, 1.807) is 0 Å². The summed E-state index contributed by atoms with van der Waals surface area (Å²) in [6, 6.07) is 1.35. The molecule has 0 bridgehead atoms. The number of likely N-dealkylation sites (tertiary alicyclic amines) is 1. The van der Waals surface area contributed by atoms with Crippen LogP contribution in [0.1, 0.15) is 66.2 Å². The van der Waals surface area contributed by atoms with Gasteiger partial charge in [-0.1, -0.05) is 20.8 Å². The summed E-state index contributed by atoms with van der Waals surface area (Å²) in [5.74, 6) is -0.705. The molecule has 1 saturated heterocycles. The van der Waals surface area contributed by atoms with Crippen molar-refractivity contribution in [3.8, 4) is 0 Å². The largest absolute Gasteiger partial charge is 0.480 e. The molecule has 1 heterocycles. The zero-order valence-electron chi connectivity index (χ0n) is 13.6. The van der Waals surface area contributed by atoms with Crippen molar-refractivity contribution in [3.05, 3.63) is 0 Å². The molecule has 4 heteroatoms. The second-order valence-electron chi connectivity index (χ2n) is 6.10. The van der Waals surface area contributed by atoms with Gasteiger partial charge in [0, 0.05) is 12.1 Å².